The molecule has 0 aliphatic heterocycles. The number of hydrogen-bond acceptors (Lipinski definition) is 4. The first-order valence-electron chi connectivity index (χ1n) is 6.04. The molecule has 0 spiro atoms. The molecule has 0 unspecified atom stereocenters. The van der Waals surface area contributed by atoms with Crippen LogP contribution >= 0.6 is 23.2 Å². The molecule has 0 aromatic heterocycles. The van der Waals surface area contributed by atoms with E-state index in [0.717, 1.165) is 5.56 Å². The van der Waals surface area contributed by atoms with Crippen LogP contribution in [0.5, 0.6) is 0 Å². The average molecular weight is 322 g/mol. The van der Waals surface area contributed by atoms with Gasteiger partial charge in [-0.25, -0.2) is 0 Å². The highest BCUT2D eigenvalue weighted by Crippen LogP contribution is 2.23. The van der Waals surface area contributed by atoms with Crippen LogP contribution in [0.25, 0.3) is 0 Å². The van der Waals surface area contributed by atoms with E-state index in [0.29, 0.717) is 21.4 Å². The van der Waals surface area contributed by atoms with E-state index in [2.05, 4.69) is 10.5 Å². The summed E-state index contributed by atoms with van der Waals surface area (Å²) in [6.45, 7) is 1.80. The van der Waals surface area contributed by atoms with E-state index in [1.165, 1.54) is 12.1 Å². The van der Waals surface area contributed by atoms with E-state index in [1.54, 1.807) is 37.3 Å². The first kappa shape index (κ1) is 15.4. The van der Waals surface area contributed by atoms with Crippen molar-refractivity contribution in [3.8, 4) is 0 Å². The minimum Gasteiger partial charge on any atom is -0.545 e. The topological polar surface area (TPSA) is 64.5 Å². The van der Waals surface area contributed by atoms with Gasteiger partial charge in [-0.2, -0.15) is 5.10 Å². The lowest BCUT2D eigenvalue weighted by Crippen LogP contribution is -2.22. The lowest BCUT2D eigenvalue weighted by atomic mass is 10.1. The van der Waals surface area contributed by atoms with Crippen molar-refractivity contribution in [3.05, 3.63) is 63.6 Å². The summed E-state index contributed by atoms with van der Waals surface area (Å²) < 4.78 is 0. The molecule has 0 saturated carbocycles. The maximum atomic E-state index is 10.8. The number of hydrogen-bond donors (Lipinski definition) is 1. The molecule has 0 saturated heterocycles. The number of anilines is 1. The SMILES string of the molecule is C/C(=N/Nc1cccc(C(=O)[O-])c1)c1ccc(Cl)c(Cl)c1. The number of halogens is 2. The highest BCUT2D eigenvalue weighted by molar-refractivity contribution is 6.42. The molecule has 21 heavy (non-hydrogen) atoms. The second-order valence-electron chi connectivity index (χ2n) is 4.31. The van der Waals surface area contributed by atoms with Crippen LogP contribution in [0.2, 0.25) is 10.0 Å². The van der Waals surface area contributed by atoms with Crippen molar-refractivity contribution in [1.82, 2.24) is 0 Å². The Morgan fingerprint density at radius 2 is 1.86 bits per heavy atom. The fourth-order valence-electron chi connectivity index (χ4n) is 1.65. The fourth-order valence-corrected chi connectivity index (χ4v) is 1.95. The first-order valence-corrected chi connectivity index (χ1v) is 6.80. The van der Waals surface area contributed by atoms with Gasteiger partial charge in [-0.05, 0) is 42.3 Å². The summed E-state index contributed by atoms with van der Waals surface area (Å²) in [5.41, 5.74) is 4.93. The predicted molar refractivity (Wildman–Crippen MR) is 83.1 cm³/mol. The molecule has 108 valence electrons. The minimum atomic E-state index is -1.23. The number of nitrogens with one attached hydrogen (secondary N) is 1. The van der Waals surface area contributed by atoms with E-state index < -0.39 is 5.97 Å². The van der Waals surface area contributed by atoms with E-state index in [9.17, 15) is 9.90 Å². The highest BCUT2D eigenvalue weighted by atomic mass is 35.5. The average Bonchev–Trinajstić information content (AvgIpc) is 2.48. The highest BCUT2D eigenvalue weighted by Gasteiger charge is 2.02. The zero-order valence-corrected chi connectivity index (χ0v) is 12.6. The van der Waals surface area contributed by atoms with Gasteiger partial charge in [-0.15, -0.1) is 0 Å². The van der Waals surface area contributed by atoms with Gasteiger partial charge < -0.3 is 9.90 Å². The normalized spacial score (nSPS) is 11.3. The summed E-state index contributed by atoms with van der Waals surface area (Å²) in [5, 5.41) is 15.9. The summed E-state index contributed by atoms with van der Waals surface area (Å²) in [4.78, 5) is 10.8. The van der Waals surface area contributed by atoms with Gasteiger partial charge >= 0.3 is 0 Å². The van der Waals surface area contributed by atoms with Gasteiger partial charge in [-0.3, -0.25) is 5.43 Å². The third-order valence-corrected chi connectivity index (χ3v) is 3.53. The van der Waals surface area contributed by atoms with Gasteiger partial charge in [0.2, 0.25) is 0 Å². The molecule has 0 bridgehead atoms. The molecule has 2 aromatic carbocycles. The summed E-state index contributed by atoms with van der Waals surface area (Å²) in [6, 6.07) is 11.4. The molecule has 0 amide bonds. The lowest BCUT2D eigenvalue weighted by Gasteiger charge is -2.07. The van der Waals surface area contributed by atoms with Crippen LogP contribution in [0.4, 0.5) is 5.69 Å². The van der Waals surface area contributed by atoms with Crippen LogP contribution in [-0.2, 0) is 0 Å². The van der Waals surface area contributed by atoms with Crippen LogP contribution in [0.15, 0.2) is 47.6 Å². The summed E-state index contributed by atoms with van der Waals surface area (Å²) >= 11 is 11.8. The Kier molecular flexibility index (Phi) is 4.83. The van der Waals surface area contributed by atoms with Gasteiger partial charge in [0.05, 0.1) is 27.4 Å². The molecule has 0 radical (unpaired) electrons. The molecule has 1 N–H and O–H groups in total. The summed E-state index contributed by atoms with van der Waals surface area (Å²) in [5.74, 6) is -1.23. The molecule has 4 nitrogen and oxygen atoms in total. The van der Waals surface area contributed by atoms with Gasteiger partial charge in [0.1, 0.15) is 0 Å². The molecule has 0 fully saturated rings. The van der Waals surface area contributed by atoms with Crippen molar-refractivity contribution < 1.29 is 9.90 Å². The number of benzene rings is 2. The second-order valence-corrected chi connectivity index (χ2v) is 5.12. The quantitative estimate of drug-likeness (QED) is 0.694. The number of carboxylic acids is 1. The Balaban J connectivity index is 2.18. The van der Waals surface area contributed by atoms with Crippen molar-refractivity contribution in [1.29, 1.82) is 0 Å². The number of carboxylic acid groups (broad SMARTS) is 1. The Labute approximate surface area is 132 Å². The first-order chi connectivity index (χ1) is 9.97. The number of carbonyl (C=O) groups excluding carboxylic acids is 1. The van der Waals surface area contributed by atoms with Crippen molar-refractivity contribution in [3.63, 3.8) is 0 Å². The van der Waals surface area contributed by atoms with Gasteiger partial charge in [0, 0.05) is 0 Å². The number of carbonyl (C=O) groups is 1. The zero-order valence-electron chi connectivity index (χ0n) is 11.1. The van der Waals surface area contributed by atoms with Crippen LogP contribution in [0.3, 0.4) is 0 Å². The van der Waals surface area contributed by atoms with Gasteiger partial charge in [0.25, 0.3) is 0 Å². The van der Waals surface area contributed by atoms with Crippen molar-refractivity contribution >= 4 is 40.6 Å². The number of hydrazone groups is 1. The maximum Gasteiger partial charge on any atom is 0.0716 e. The van der Waals surface area contributed by atoms with E-state index in [1.807, 2.05) is 0 Å². The van der Waals surface area contributed by atoms with E-state index in [4.69, 9.17) is 23.2 Å². The van der Waals surface area contributed by atoms with Crippen molar-refractivity contribution in [2.45, 2.75) is 6.92 Å². The van der Waals surface area contributed by atoms with Gasteiger partial charge in [-0.1, -0.05) is 41.4 Å². The molecule has 2 rings (SSSR count). The van der Waals surface area contributed by atoms with Crippen LogP contribution in [0, 0.1) is 0 Å². The summed E-state index contributed by atoms with van der Waals surface area (Å²) in [6.07, 6.45) is 0. The van der Waals surface area contributed by atoms with Crippen LogP contribution < -0.4 is 10.5 Å². The largest absolute Gasteiger partial charge is 0.545 e. The Morgan fingerprint density at radius 1 is 1.10 bits per heavy atom. The Morgan fingerprint density at radius 3 is 2.52 bits per heavy atom. The Hall–Kier alpha value is -2.04. The number of rotatable bonds is 4. The smallest absolute Gasteiger partial charge is 0.0716 e. The number of aromatic carboxylic acids is 1. The molecular weight excluding hydrogens is 311 g/mol. The summed E-state index contributed by atoms with van der Waals surface area (Å²) in [7, 11) is 0. The fraction of sp³-hybridized carbons (Fsp3) is 0.0667. The molecule has 2 aromatic rings. The maximum absolute atomic E-state index is 10.8. The van der Waals surface area contributed by atoms with Crippen molar-refractivity contribution in [2.24, 2.45) is 5.10 Å². The predicted octanol–water partition coefficient (Wildman–Crippen LogP) is 3.19. The van der Waals surface area contributed by atoms with Crippen LogP contribution in [-0.4, -0.2) is 11.7 Å². The molecular formula is C15H11Cl2N2O2-. The zero-order chi connectivity index (χ0) is 15.4. The molecule has 0 atom stereocenters. The second kappa shape index (κ2) is 6.61. The van der Waals surface area contributed by atoms with Crippen LogP contribution in [0.1, 0.15) is 22.8 Å². The minimum absolute atomic E-state index is 0.0855. The third kappa shape index (κ3) is 3.97. The molecule has 0 aliphatic carbocycles. The molecule has 6 heteroatoms. The third-order valence-electron chi connectivity index (χ3n) is 2.79. The lowest BCUT2D eigenvalue weighted by molar-refractivity contribution is -0.255. The van der Waals surface area contributed by atoms with E-state index >= 15 is 0 Å². The molecule has 0 aliphatic rings. The Bertz CT molecular complexity index is 715. The van der Waals surface area contributed by atoms with Gasteiger partial charge in [0.15, 0.2) is 0 Å². The van der Waals surface area contributed by atoms with E-state index in [-0.39, 0.29) is 5.56 Å². The standard InChI is InChI=1S/C15H12Cl2N2O2/c1-9(10-5-6-13(16)14(17)8-10)18-19-12-4-2-3-11(7-12)15(20)21/h2-8,19H,1H3,(H,20,21)/p-1/b18-9-. The molecule has 0 heterocycles. The number of nitrogens with zero attached hydrogens (tertiary/aromatic N) is 1. The van der Waals surface area contributed by atoms with Crippen molar-refractivity contribution in [2.75, 3.05) is 5.43 Å². The monoisotopic (exact) mass is 321 g/mol.